The molecule has 0 aliphatic carbocycles. The van der Waals surface area contributed by atoms with Crippen LogP contribution in [0.15, 0.2) is 4.99 Å². The van der Waals surface area contributed by atoms with E-state index in [0.29, 0.717) is 17.9 Å². The zero-order valence-corrected chi connectivity index (χ0v) is 15.7. The van der Waals surface area contributed by atoms with Crippen molar-refractivity contribution in [3.05, 3.63) is 0 Å². The van der Waals surface area contributed by atoms with Crippen LogP contribution in [0.25, 0.3) is 0 Å². The molecule has 1 unspecified atom stereocenters. The quantitative estimate of drug-likeness (QED) is 0.430. The predicted molar refractivity (Wildman–Crippen MR) is 97.7 cm³/mol. The smallest absolute Gasteiger partial charge is 0.222 e. The first-order valence-corrected chi connectivity index (χ1v) is 9.18. The Hall–Kier alpha value is -1.26. The van der Waals surface area contributed by atoms with Crippen LogP contribution in [-0.2, 0) is 4.79 Å². The highest BCUT2D eigenvalue weighted by atomic mass is 16.2. The monoisotopic (exact) mass is 324 g/mol. The third-order valence-electron chi connectivity index (χ3n) is 4.13. The van der Waals surface area contributed by atoms with E-state index in [2.05, 4.69) is 43.3 Å². The topological polar surface area (TPSA) is 56.7 Å². The lowest BCUT2D eigenvalue weighted by atomic mass is 9.90. The minimum atomic E-state index is 0.249. The van der Waals surface area contributed by atoms with Crippen molar-refractivity contribution in [2.45, 2.75) is 72.8 Å². The minimum absolute atomic E-state index is 0.249. The van der Waals surface area contributed by atoms with E-state index in [4.69, 9.17) is 0 Å². The van der Waals surface area contributed by atoms with E-state index in [1.54, 1.807) is 0 Å². The molecule has 0 bridgehead atoms. The van der Waals surface area contributed by atoms with Crippen molar-refractivity contribution < 1.29 is 4.79 Å². The van der Waals surface area contributed by atoms with Gasteiger partial charge in [-0.3, -0.25) is 9.79 Å². The van der Waals surface area contributed by atoms with Gasteiger partial charge < -0.3 is 15.5 Å². The average Bonchev–Trinajstić information content (AvgIpc) is 2.93. The van der Waals surface area contributed by atoms with Crippen molar-refractivity contribution in [1.29, 1.82) is 0 Å². The molecular formula is C18H36N4O. The van der Waals surface area contributed by atoms with E-state index in [1.807, 2.05) is 11.8 Å². The molecule has 0 spiro atoms. The first-order chi connectivity index (χ1) is 10.9. The molecule has 1 aliphatic heterocycles. The van der Waals surface area contributed by atoms with Gasteiger partial charge in [-0.15, -0.1) is 0 Å². The molecule has 0 aromatic carbocycles. The molecule has 1 amide bonds. The van der Waals surface area contributed by atoms with E-state index < -0.39 is 0 Å². The number of amides is 1. The van der Waals surface area contributed by atoms with Crippen LogP contribution in [0.4, 0.5) is 0 Å². The number of hydrogen-bond acceptors (Lipinski definition) is 2. The Kier molecular flexibility index (Phi) is 8.42. The number of rotatable bonds is 7. The molecular weight excluding hydrogens is 288 g/mol. The van der Waals surface area contributed by atoms with E-state index in [0.717, 1.165) is 45.0 Å². The lowest BCUT2D eigenvalue weighted by Crippen LogP contribution is -2.45. The number of aliphatic imine (C=N–C) groups is 1. The summed E-state index contributed by atoms with van der Waals surface area (Å²) in [5, 5.41) is 6.79. The summed E-state index contributed by atoms with van der Waals surface area (Å²) in [6.45, 7) is 14.2. The van der Waals surface area contributed by atoms with Gasteiger partial charge in [-0.05, 0) is 31.6 Å². The molecule has 0 aromatic rings. The van der Waals surface area contributed by atoms with Gasteiger partial charge in [0.2, 0.25) is 5.91 Å². The standard InChI is InChI=1S/C18H36N4O/c1-6-16(23)22-13-10-15(14-22)21-17(19-7-2)20-12-9-8-11-18(3,4)5/h15H,6-14H2,1-5H3,(H2,19,20,21). The highest BCUT2D eigenvalue weighted by Crippen LogP contribution is 2.21. The summed E-state index contributed by atoms with van der Waals surface area (Å²) in [6, 6.07) is 0.317. The van der Waals surface area contributed by atoms with Gasteiger partial charge in [-0.2, -0.15) is 0 Å². The number of unbranched alkanes of at least 4 members (excludes halogenated alkanes) is 1. The van der Waals surface area contributed by atoms with E-state index in [9.17, 15) is 4.79 Å². The highest BCUT2D eigenvalue weighted by molar-refractivity contribution is 5.80. The second-order valence-corrected chi connectivity index (χ2v) is 7.60. The summed E-state index contributed by atoms with van der Waals surface area (Å²) < 4.78 is 0. The number of nitrogens with zero attached hydrogens (tertiary/aromatic N) is 2. The normalized spacial score (nSPS) is 19.1. The lowest BCUT2D eigenvalue weighted by molar-refractivity contribution is -0.129. The molecule has 0 aromatic heterocycles. The van der Waals surface area contributed by atoms with Crippen LogP contribution < -0.4 is 10.6 Å². The summed E-state index contributed by atoms with van der Waals surface area (Å²) in [4.78, 5) is 18.4. The summed E-state index contributed by atoms with van der Waals surface area (Å²) in [5.74, 6) is 1.14. The van der Waals surface area contributed by atoms with Crippen LogP contribution in [0, 0.1) is 5.41 Å². The largest absolute Gasteiger partial charge is 0.357 e. The van der Waals surface area contributed by atoms with Gasteiger partial charge in [0.25, 0.3) is 0 Å². The molecule has 5 heteroatoms. The van der Waals surface area contributed by atoms with E-state index in [1.165, 1.54) is 12.8 Å². The van der Waals surface area contributed by atoms with Crippen molar-refractivity contribution in [1.82, 2.24) is 15.5 Å². The van der Waals surface area contributed by atoms with Gasteiger partial charge in [0.05, 0.1) is 0 Å². The van der Waals surface area contributed by atoms with Crippen LogP contribution >= 0.6 is 0 Å². The number of nitrogens with one attached hydrogen (secondary N) is 2. The van der Waals surface area contributed by atoms with Crippen molar-refractivity contribution in [3.8, 4) is 0 Å². The van der Waals surface area contributed by atoms with Crippen LogP contribution in [0.2, 0.25) is 0 Å². The highest BCUT2D eigenvalue weighted by Gasteiger charge is 2.25. The van der Waals surface area contributed by atoms with Crippen LogP contribution in [0.3, 0.4) is 0 Å². The Balaban J connectivity index is 2.37. The van der Waals surface area contributed by atoms with Gasteiger partial charge in [-0.1, -0.05) is 34.1 Å². The van der Waals surface area contributed by atoms with Gasteiger partial charge >= 0.3 is 0 Å². The maximum Gasteiger partial charge on any atom is 0.222 e. The Morgan fingerprint density at radius 3 is 2.61 bits per heavy atom. The molecule has 1 heterocycles. The maximum atomic E-state index is 11.7. The van der Waals surface area contributed by atoms with Crippen molar-refractivity contribution >= 4 is 11.9 Å². The van der Waals surface area contributed by atoms with Crippen molar-refractivity contribution in [2.24, 2.45) is 10.4 Å². The van der Waals surface area contributed by atoms with Gasteiger partial charge in [0.15, 0.2) is 5.96 Å². The van der Waals surface area contributed by atoms with Gasteiger partial charge in [0, 0.05) is 38.6 Å². The van der Waals surface area contributed by atoms with Crippen LogP contribution in [0.5, 0.6) is 0 Å². The Morgan fingerprint density at radius 1 is 1.26 bits per heavy atom. The first kappa shape index (κ1) is 19.8. The zero-order chi connectivity index (χ0) is 17.3. The van der Waals surface area contributed by atoms with Crippen molar-refractivity contribution in [3.63, 3.8) is 0 Å². The molecule has 1 rings (SSSR count). The number of likely N-dealkylation sites (tertiary alicyclic amines) is 1. The van der Waals surface area contributed by atoms with E-state index in [-0.39, 0.29) is 5.91 Å². The van der Waals surface area contributed by atoms with Crippen LogP contribution in [0.1, 0.15) is 66.7 Å². The van der Waals surface area contributed by atoms with Crippen LogP contribution in [-0.4, -0.2) is 49.0 Å². The fourth-order valence-electron chi connectivity index (χ4n) is 2.80. The number of carbonyl (C=O) groups excluding carboxylic acids is 1. The molecule has 1 fully saturated rings. The van der Waals surface area contributed by atoms with Gasteiger partial charge in [0.1, 0.15) is 0 Å². The Labute approximate surface area is 142 Å². The molecule has 0 radical (unpaired) electrons. The summed E-state index contributed by atoms with van der Waals surface area (Å²) in [6.07, 6.45) is 5.17. The fraction of sp³-hybridized carbons (Fsp3) is 0.889. The summed E-state index contributed by atoms with van der Waals surface area (Å²) >= 11 is 0. The molecule has 1 aliphatic rings. The number of hydrogen-bond donors (Lipinski definition) is 2. The Bertz CT molecular complexity index is 387. The SMILES string of the molecule is CCNC(=NCCCCC(C)(C)C)NC1CCN(C(=O)CC)C1. The maximum absolute atomic E-state index is 11.7. The average molecular weight is 325 g/mol. The molecule has 23 heavy (non-hydrogen) atoms. The van der Waals surface area contributed by atoms with Crippen molar-refractivity contribution in [2.75, 3.05) is 26.2 Å². The fourth-order valence-corrected chi connectivity index (χ4v) is 2.80. The second-order valence-electron chi connectivity index (χ2n) is 7.60. The minimum Gasteiger partial charge on any atom is -0.357 e. The Morgan fingerprint density at radius 2 is 2.00 bits per heavy atom. The zero-order valence-electron chi connectivity index (χ0n) is 15.7. The molecule has 1 atom stereocenters. The van der Waals surface area contributed by atoms with E-state index >= 15 is 0 Å². The summed E-state index contributed by atoms with van der Waals surface area (Å²) in [5.41, 5.74) is 0.408. The third-order valence-corrected chi connectivity index (χ3v) is 4.13. The molecule has 2 N–H and O–H groups in total. The summed E-state index contributed by atoms with van der Waals surface area (Å²) in [7, 11) is 0. The molecule has 1 saturated heterocycles. The predicted octanol–water partition coefficient (Wildman–Crippen LogP) is 2.77. The first-order valence-electron chi connectivity index (χ1n) is 9.18. The lowest BCUT2D eigenvalue weighted by Gasteiger charge is -2.19. The third kappa shape index (κ3) is 8.24. The second kappa shape index (κ2) is 9.78. The van der Waals surface area contributed by atoms with Gasteiger partial charge in [-0.25, -0.2) is 0 Å². The molecule has 0 saturated carbocycles. The molecule has 134 valence electrons. The number of guanidine groups is 1. The number of carbonyl (C=O) groups is 1. The molecule has 5 nitrogen and oxygen atoms in total.